The highest BCUT2D eigenvalue weighted by Crippen LogP contribution is 2.41. The molecule has 29 heavy (non-hydrogen) atoms. The predicted octanol–water partition coefficient (Wildman–Crippen LogP) is 3.75. The number of piperidine rings is 1. The van der Waals surface area contributed by atoms with Crippen LogP contribution >= 0.6 is 0 Å². The third kappa shape index (κ3) is 3.32. The molecule has 0 radical (unpaired) electrons. The van der Waals surface area contributed by atoms with Gasteiger partial charge >= 0.3 is 0 Å². The van der Waals surface area contributed by atoms with Gasteiger partial charge < -0.3 is 14.4 Å². The summed E-state index contributed by atoms with van der Waals surface area (Å²) in [4.78, 5) is 26.5. The molecule has 0 saturated carbocycles. The van der Waals surface area contributed by atoms with Crippen LogP contribution in [0.15, 0.2) is 30.3 Å². The summed E-state index contributed by atoms with van der Waals surface area (Å²) in [5.41, 5.74) is -0.797. The number of halogens is 3. The molecule has 0 bridgehead atoms. The lowest BCUT2D eigenvalue weighted by atomic mass is 9.82. The zero-order valence-corrected chi connectivity index (χ0v) is 15.6. The zero-order valence-electron chi connectivity index (χ0n) is 15.6. The number of carbonyl (C=O) groups is 2. The molecule has 1 saturated heterocycles. The fourth-order valence-electron chi connectivity index (χ4n) is 3.86. The summed E-state index contributed by atoms with van der Waals surface area (Å²) in [6.07, 6.45) is 0.882. The first-order valence-electron chi connectivity index (χ1n) is 9.16. The molecular formula is C21H18F3NO4. The second-order valence-corrected chi connectivity index (χ2v) is 7.26. The van der Waals surface area contributed by atoms with Gasteiger partial charge in [0, 0.05) is 32.0 Å². The number of methoxy groups -OCH3 is 1. The van der Waals surface area contributed by atoms with Gasteiger partial charge in [0.25, 0.3) is 5.91 Å². The van der Waals surface area contributed by atoms with Crippen molar-refractivity contribution in [3.8, 4) is 11.5 Å². The number of fused-ring (bicyclic) bond motifs is 1. The molecule has 4 rings (SSSR count). The first-order valence-corrected chi connectivity index (χ1v) is 9.16. The van der Waals surface area contributed by atoms with E-state index in [0.717, 1.165) is 12.1 Å². The van der Waals surface area contributed by atoms with Crippen LogP contribution in [0.2, 0.25) is 0 Å². The lowest BCUT2D eigenvalue weighted by molar-refractivity contribution is -0.00592. The van der Waals surface area contributed by atoms with Gasteiger partial charge in [-0.3, -0.25) is 9.59 Å². The van der Waals surface area contributed by atoms with Gasteiger partial charge in [0.15, 0.2) is 23.2 Å². The topological polar surface area (TPSA) is 55.8 Å². The summed E-state index contributed by atoms with van der Waals surface area (Å²) in [6.45, 7) is 0.397. The number of benzene rings is 2. The van der Waals surface area contributed by atoms with E-state index in [4.69, 9.17) is 9.47 Å². The van der Waals surface area contributed by atoms with E-state index in [1.54, 1.807) is 18.2 Å². The molecule has 2 aromatic carbocycles. The molecule has 0 N–H and O–H groups in total. The maximum Gasteiger partial charge on any atom is 0.256 e. The number of likely N-dealkylation sites (tertiary alicyclic amines) is 1. The molecule has 0 atom stereocenters. The highest BCUT2D eigenvalue weighted by molar-refractivity contribution is 6.00. The van der Waals surface area contributed by atoms with E-state index < -0.39 is 34.5 Å². The lowest BCUT2D eigenvalue weighted by Crippen LogP contribution is -2.52. The van der Waals surface area contributed by atoms with Crippen molar-refractivity contribution in [2.45, 2.75) is 24.9 Å². The Kier molecular flexibility index (Phi) is 4.72. The minimum atomic E-state index is -1.67. The monoisotopic (exact) mass is 405 g/mol. The normalized spacial score (nSPS) is 17.7. The van der Waals surface area contributed by atoms with Crippen LogP contribution in [0.1, 0.15) is 40.0 Å². The van der Waals surface area contributed by atoms with Crippen molar-refractivity contribution in [3.05, 3.63) is 58.9 Å². The maximum atomic E-state index is 14.0. The molecule has 2 aliphatic heterocycles. The molecule has 1 spiro atoms. The highest BCUT2D eigenvalue weighted by Gasteiger charge is 2.44. The number of carbonyl (C=O) groups excluding carboxylic acids is 2. The largest absolute Gasteiger partial charge is 0.497 e. The number of ketones is 1. The fraction of sp³-hybridized carbons (Fsp3) is 0.333. The third-order valence-corrected chi connectivity index (χ3v) is 5.53. The maximum absolute atomic E-state index is 14.0. The van der Waals surface area contributed by atoms with Crippen LogP contribution in [0.25, 0.3) is 0 Å². The van der Waals surface area contributed by atoms with Crippen molar-refractivity contribution in [1.82, 2.24) is 4.90 Å². The molecule has 1 fully saturated rings. The van der Waals surface area contributed by atoms with E-state index in [2.05, 4.69) is 0 Å². The Hall–Kier alpha value is -3.03. The van der Waals surface area contributed by atoms with Gasteiger partial charge in [-0.05, 0) is 24.3 Å². The molecule has 2 aromatic rings. The van der Waals surface area contributed by atoms with Crippen molar-refractivity contribution >= 4 is 11.7 Å². The minimum absolute atomic E-state index is 0.0553. The van der Waals surface area contributed by atoms with E-state index in [1.165, 1.54) is 12.0 Å². The number of amides is 1. The first kappa shape index (κ1) is 19.3. The number of Topliss-reactive ketones (excluding diaryl/α,β-unsaturated/α-hetero) is 1. The Morgan fingerprint density at radius 3 is 2.52 bits per heavy atom. The molecular weight excluding hydrogens is 387 g/mol. The molecule has 2 aliphatic rings. The van der Waals surface area contributed by atoms with Gasteiger partial charge in [0.2, 0.25) is 0 Å². The Morgan fingerprint density at radius 2 is 1.83 bits per heavy atom. The van der Waals surface area contributed by atoms with Crippen LogP contribution in [0.3, 0.4) is 0 Å². The SMILES string of the molecule is COc1ccc2c(c1)OC1(CCN(C(=O)c3ccc(F)c(F)c3F)CC1)CC2=O. The Morgan fingerprint density at radius 1 is 1.10 bits per heavy atom. The third-order valence-electron chi connectivity index (χ3n) is 5.53. The van der Waals surface area contributed by atoms with Gasteiger partial charge in [-0.25, -0.2) is 13.2 Å². The van der Waals surface area contributed by atoms with Crippen molar-refractivity contribution < 1.29 is 32.2 Å². The summed E-state index contributed by atoms with van der Waals surface area (Å²) in [7, 11) is 1.52. The molecule has 0 aliphatic carbocycles. The number of hydrogen-bond donors (Lipinski definition) is 0. The van der Waals surface area contributed by atoms with Gasteiger partial charge in [0.1, 0.15) is 17.1 Å². The van der Waals surface area contributed by atoms with E-state index >= 15 is 0 Å². The van der Waals surface area contributed by atoms with Crippen molar-refractivity contribution in [2.24, 2.45) is 0 Å². The van der Waals surface area contributed by atoms with E-state index in [1.807, 2.05) is 0 Å². The minimum Gasteiger partial charge on any atom is -0.497 e. The number of nitrogens with zero attached hydrogens (tertiary/aromatic N) is 1. The van der Waals surface area contributed by atoms with E-state index in [9.17, 15) is 22.8 Å². The molecule has 0 aromatic heterocycles. The van der Waals surface area contributed by atoms with Gasteiger partial charge in [-0.2, -0.15) is 0 Å². The average Bonchev–Trinajstić information content (AvgIpc) is 2.71. The summed E-state index contributed by atoms with van der Waals surface area (Å²) >= 11 is 0. The highest BCUT2D eigenvalue weighted by atomic mass is 19.2. The zero-order chi connectivity index (χ0) is 20.8. The Bertz CT molecular complexity index is 1000. The van der Waals surface area contributed by atoms with Crippen LogP contribution in [0.5, 0.6) is 11.5 Å². The Labute approximate surface area is 165 Å². The summed E-state index contributed by atoms with van der Waals surface area (Å²) in [6, 6.07) is 6.67. The molecule has 8 heteroatoms. The molecule has 1 amide bonds. The van der Waals surface area contributed by atoms with Crippen LogP contribution in [0.4, 0.5) is 13.2 Å². The van der Waals surface area contributed by atoms with Crippen LogP contribution < -0.4 is 9.47 Å². The lowest BCUT2D eigenvalue weighted by Gasteiger charge is -2.44. The summed E-state index contributed by atoms with van der Waals surface area (Å²) in [5, 5.41) is 0. The summed E-state index contributed by atoms with van der Waals surface area (Å²) < 4.78 is 51.9. The van der Waals surface area contributed by atoms with Crippen LogP contribution in [-0.2, 0) is 0 Å². The molecule has 0 unspecified atom stereocenters. The predicted molar refractivity (Wildman–Crippen MR) is 96.8 cm³/mol. The van der Waals surface area contributed by atoms with Gasteiger partial charge in [-0.1, -0.05) is 0 Å². The second kappa shape index (κ2) is 7.09. The standard InChI is InChI=1S/C21H18F3NO4/c1-28-12-2-3-13-16(26)11-21(29-17(13)10-12)6-8-25(9-7-21)20(27)14-4-5-15(22)19(24)18(14)23/h2-5,10H,6-9,11H2,1H3. The van der Waals surface area contributed by atoms with Crippen molar-refractivity contribution in [1.29, 1.82) is 0 Å². The van der Waals surface area contributed by atoms with Crippen LogP contribution in [-0.4, -0.2) is 42.4 Å². The van der Waals surface area contributed by atoms with Gasteiger partial charge in [-0.15, -0.1) is 0 Å². The van der Waals surface area contributed by atoms with Crippen LogP contribution in [0, 0.1) is 17.5 Å². The molecule has 152 valence electrons. The summed E-state index contributed by atoms with van der Waals surface area (Å²) in [5.74, 6) is -4.29. The van der Waals surface area contributed by atoms with Crippen molar-refractivity contribution in [2.75, 3.05) is 20.2 Å². The van der Waals surface area contributed by atoms with Crippen molar-refractivity contribution in [3.63, 3.8) is 0 Å². The second-order valence-electron chi connectivity index (χ2n) is 7.26. The fourth-order valence-corrected chi connectivity index (χ4v) is 3.86. The first-order chi connectivity index (χ1) is 13.8. The number of ether oxygens (including phenoxy) is 2. The smallest absolute Gasteiger partial charge is 0.256 e. The molecule has 2 heterocycles. The Balaban J connectivity index is 1.51. The molecule has 5 nitrogen and oxygen atoms in total. The van der Waals surface area contributed by atoms with E-state index in [0.29, 0.717) is 29.9 Å². The number of rotatable bonds is 2. The average molecular weight is 405 g/mol. The van der Waals surface area contributed by atoms with Gasteiger partial charge in [0.05, 0.1) is 24.7 Å². The quantitative estimate of drug-likeness (QED) is 0.714. The van der Waals surface area contributed by atoms with E-state index in [-0.39, 0.29) is 25.3 Å². The number of hydrogen-bond acceptors (Lipinski definition) is 4.